The van der Waals surface area contributed by atoms with Crippen LogP contribution in [0, 0.1) is 0 Å². The van der Waals surface area contributed by atoms with Crippen molar-refractivity contribution in [1.82, 2.24) is 0 Å². The van der Waals surface area contributed by atoms with Gasteiger partial charge in [0.05, 0.1) is 24.6 Å². The van der Waals surface area contributed by atoms with Gasteiger partial charge in [0.15, 0.2) is 0 Å². The molecular weight excluding hydrogens is 379 g/mol. The van der Waals surface area contributed by atoms with E-state index < -0.39 is 7.26 Å². The van der Waals surface area contributed by atoms with Gasteiger partial charge < -0.3 is 12.4 Å². The van der Waals surface area contributed by atoms with Gasteiger partial charge in [0.1, 0.15) is 0 Å². The lowest BCUT2D eigenvalue weighted by molar-refractivity contribution is -0.00000624. The second-order valence-electron chi connectivity index (χ2n) is 9.19. The van der Waals surface area contributed by atoms with E-state index in [0.29, 0.717) is 0 Å². The molecule has 0 aromatic rings. The molecule has 0 fully saturated rings. The van der Waals surface area contributed by atoms with Gasteiger partial charge >= 0.3 is 0 Å². The summed E-state index contributed by atoms with van der Waals surface area (Å²) in [4.78, 5) is 0. The smallest absolute Gasteiger partial charge is 0.0594 e. The third-order valence-corrected chi connectivity index (χ3v) is 11.5. The average Bonchev–Trinajstić information content (AvgIpc) is 2.67. The standard InChI is InChI=1S/C26H56P.ClH/c1-5-9-13-15-17-21-25-27(23-19-11-7-3,24-20-12-8-4)26-22-18-16-14-10-6-2;/h5-26H2,1-4H3;1H/q+1;/p-1. The Hall–Kier alpha value is 0.720. The fraction of sp³-hybridized carbons (Fsp3) is 1.00. The third kappa shape index (κ3) is 18.7. The molecule has 0 heterocycles. The number of halogens is 1. The second kappa shape index (κ2) is 24.0. The SMILES string of the molecule is CCCCCCCC[P+](CCCCC)(CCCCC)CCCCCCCC.[Cl-]. The van der Waals surface area contributed by atoms with E-state index in [9.17, 15) is 0 Å². The van der Waals surface area contributed by atoms with Gasteiger partial charge in [-0.25, -0.2) is 0 Å². The first-order chi connectivity index (χ1) is 13.2. The molecule has 0 radical (unpaired) electrons. The molecule has 0 bridgehead atoms. The quantitative estimate of drug-likeness (QED) is 0.126. The van der Waals surface area contributed by atoms with Crippen LogP contribution in [0.15, 0.2) is 0 Å². The molecule has 0 unspecified atom stereocenters. The van der Waals surface area contributed by atoms with Crippen molar-refractivity contribution in [2.24, 2.45) is 0 Å². The molecule has 0 aliphatic rings. The van der Waals surface area contributed by atoms with Gasteiger partial charge in [-0.3, -0.25) is 0 Å². The number of hydrogen-bond acceptors (Lipinski definition) is 0. The van der Waals surface area contributed by atoms with E-state index in [4.69, 9.17) is 0 Å². The molecule has 28 heavy (non-hydrogen) atoms. The van der Waals surface area contributed by atoms with Crippen LogP contribution in [0.25, 0.3) is 0 Å². The zero-order valence-corrected chi connectivity index (χ0v) is 22.0. The maximum Gasteiger partial charge on any atom is 0.0594 e. The molecule has 0 atom stereocenters. The maximum absolute atomic E-state index is 2.37. The van der Waals surface area contributed by atoms with E-state index in [1.54, 1.807) is 37.5 Å². The summed E-state index contributed by atoms with van der Waals surface area (Å²) in [7, 11) is -0.667. The van der Waals surface area contributed by atoms with E-state index >= 15 is 0 Å². The van der Waals surface area contributed by atoms with Crippen molar-refractivity contribution in [2.45, 2.75) is 143 Å². The lowest BCUT2D eigenvalue weighted by Crippen LogP contribution is -3.00. The molecule has 0 nitrogen and oxygen atoms in total. The van der Waals surface area contributed by atoms with Crippen molar-refractivity contribution < 1.29 is 12.4 Å². The zero-order chi connectivity index (χ0) is 20.1. The molecule has 0 rings (SSSR count). The summed E-state index contributed by atoms with van der Waals surface area (Å²) in [6.07, 6.45) is 33.1. The third-order valence-electron chi connectivity index (χ3n) is 6.44. The summed E-state index contributed by atoms with van der Waals surface area (Å²) in [5.41, 5.74) is 0. The summed E-state index contributed by atoms with van der Waals surface area (Å²) < 4.78 is 0. The largest absolute Gasteiger partial charge is 1.00 e. The molecule has 2 heteroatoms. The van der Waals surface area contributed by atoms with Crippen LogP contribution in [0.1, 0.15) is 143 Å². The van der Waals surface area contributed by atoms with Gasteiger partial charge in [-0.2, -0.15) is 0 Å². The van der Waals surface area contributed by atoms with Crippen LogP contribution in [0.3, 0.4) is 0 Å². The van der Waals surface area contributed by atoms with Crippen molar-refractivity contribution in [1.29, 1.82) is 0 Å². The molecule has 0 N–H and O–H groups in total. The molecular formula is C26H56ClP. The predicted octanol–water partition coefficient (Wildman–Crippen LogP) is 7.11. The van der Waals surface area contributed by atoms with Gasteiger partial charge in [-0.05, 0) is 38.5 Å². The van der Waals surface area contributed by atoms with Gasteiger partial charge in [0, 0.05) is 7.26 Å². The molecule has 0 aromatic carbocycles. The first-order valence-electron chi connectivity index (χ1n) is 13.1. The molecule has 0 saturated heterocycles. The van der Waals surface area contributed by atoms with E-state index in [-0.39, 0.29) is 12.4 Å². The Kier molecular flexibility index (Phi) is 26.5. The fourth-order valence-corrected chi connectivity index (χ4v) is 9.44. The van der Waals surface area contributed by atoms with E-state index in [0.717, 1.165) is 0 Å². The monoisotopic (exact) mass is 434 g/mol. The topological polar surface area (TPSA) is 0 Å². The van der Waals surface area contributed by atoms with Crippen LogP contribution >= 0.6 is 7.26 Å². The molecule has 0 aliphatic heterocycles. The molecule has 0 aliphatic carbocycles. The maximum atomic E-state index is 2.37. The highest BCUT2D eigenvalue weighted by molar-refractivity contribution is 7.75. The second-order valence-corrected chi connectivity index (χ2v) is 13.7. The van der Waals surface area contributed by atoms with Crippen molar-refractivity contribution in [3.05, 3.63) is 0 Å². The van der Waals surface area contributed by atoms with Gasteiger partial charge in [0.25, 0.3) is 0 Å². The summed E-state index contributed by atoms with van der Waals surface area (Å²) in [6.45, 7) is 9.41. The lowest BCUT2D eigenvalue weighted by atomic mass is 10.1. The normalized spacial score (nSPS) is 11.6. The molecule has 0 amide bonds. The Morgan fingerprint density at radius 2 is 0.536 bits per heavy atom. The minimum Gasteiger partial charge on any atom is -1.00 e. The van der Waals surface area contributed by atoms with Gasteiger partial charge in [-0.15, -0.1) is 0 Å². The van der Waals surface area contributed by atoms with Crippen LogP contribution < -0.4 is 12.4 Å². The number of rotatable bonds is 22. The minimum atomic E-state index is -0.667. The van der Waals surface area contributed by atoms with Crippen LogP contribution in [-0.4, -0.2) is 24.6 Å². The first kappa shape index (κ1) is 30.9. The summed E-state index contributed by atoms with van der Waals surface area (Å²) >= 11 is 0. The summed E-state index contributed by atoms with van der Waals surface area (Å²) in [6, 6.07) is 0. The van der Waals surface area contributed by atoms with Crippen LogP contribution in [0.5, 0.6) is 0 Å². The molecule has 172 valence electrons. The van der Waals surface area contributed by atoms with Crippen molar-refractivity contribution >= 4 is 7.26 Å². The Balaban J connectivity index is 0. The fourth-order valence-electron chi connectivity index (χ4n) is 4.52. The van der Waals surface area contributed by atoms with Gasteiger partial charge in [0.2, 0.25) is 0 Å². The van der Waals surface area contributed by atoms with Crippen LogP contribution in [0.4, 0.5) is 0 Å². The number of hydrogen-bond donors (Lipinski definition) is 0. The molecule has 0 saturated carbocycles. The highest BCUT2D eigenvalue weighted by Crippen LogP contribution is 2.61. The van der Waals surface area contributed by atoms with Crippen molar-refractivity contribution in [3.63, 3.8) is 0 Å². The van der Waals surface area contributed by atoms with Crippen LogP contribution in [0.2, 0.25) is 0 Å². The highest BCUT2D eigenvalue weighted by atomic mass is 35.5. The Labute approximate surface area is 187 Å². The van der Waals surface area contributed by atoms with Crippen molar-refractivity contribution in [3.8, 4) is 0 Å². The Morgan fingerprint density at radius 1 is 0.321 bits per heavy atom. The van der Waals surface area contributed by atoms with Crippen LogP contribution in [-0.2, 0) is 0 Å². The predicted molar refractivity (Wildman–Crippen MR) is 132 cm³/mol. The average molecular weight is 435 g/mol. The lowest BCUT2D eigenvalue weighted by Gasteiger charge is -2.28. The molecule has 0 aromatic heterocycles. The zero-order valence-electron chi connectivity index (χ0n) is 20.4. The highest BCUT2D eigenvalue weighted by Gasteiger charge is 2.34. The van der Waals surface area contributed by atoms with Gasteiger partial charge in [-0.1, -0.05) is 105 Å². The Bertz CT molecular complexity index is 252. The van der Waals surface area contributed by atoms with E-state index in [1.807, 2.05) is 0 Å². The first-order valence-corrected chi connectivity index (χ1v) is 15.6. The van der Waals surface area contributed by atoms with E-state index in [2.05, 4.69) is 27.7 Å². The minimum absolute atomic E-state index is 0. The summed E-state index contributed by atoms with van der Waals surface area (Å²) in [5, 5.41) is 0. The van der Waals surface area contributed by atoms with Crippen molar-refractivity contribution in [2.75, 3.05) is 24.6 Å². The van der Waals surface area contributed by atoms with E-state index in [1.165, 1.54) is 103 Å². The summed E-state index contributed by atoms with van der Waals surface area (Å²) in [5.74, 6) is 0. The Morgan fingerprint density at radius 3 is 0.857 bits per heavy atom. The number of unbranched alkanes of at least 4 members (excludes halogenated alkanes) is 14. The molecule has 0 spiro atoms.